The largest absolute Gasteiger partial charge is 0.461 e. The quantitative estimate of drug-likeness (QED) is 0.184. The molecule has 4 aromatic rings. The van der Waals surface area contributed by atoms with Gasteiger partial charge in [0.2, 0.25) is 6.54 Å². The first kappa shape index (κ1) is 30.3. The molecule has 12 heteroatoms. The number of pyridine rings is 1. The average molecular weight is 644 g/mol. The monoisotopic (exact) mass is 643 g/mol. The van der Waals surface area contributed by atoms with E-state index in [2.05, 4.69) is 16.3 Å². The second kappa shape index (κ2) is 12.1. The van der Waals surface area contributed by atoms with E-state index in [0.717, 1.165) is 35.7 Å². The number of amides is 1. The molecule has 0 spiro atoms. The molecule has 9 nitrogen and oxygen atoms in total. The van der Waals surface area contributed by atoms with E-state index in [-0.39, 0.29) is 32.3 Å². The molecule has 3 fully saturated rings. The van der Waals surface area contributed by atoms with Gasteiger partial charge in [0.25, 0.3) is 5.91 Å². The van der Waals surface area contributed by atoms with Crippen molar-refractivity contribution in [3.63, 3.8) is 0 Å². The molecule has 3 saturated heterocycles. The molecule has 7 rings (SSSR count). The summed E-state index contributed by atoms with van der Waals surface area (Å²) in [5.74, 6) is -1.33. The van der Waals surface area contributed by atoms with Gasteiger partial charge in [-0.1, -0.05) is 48.5 Å². The molecule has 3 aliphatic rings. The number of alkyl halides is 1. The molecule has 3 aliphatic heterocycles. The zero-order valence-electron chi connectivity index (χ0n) is 25.1. The number of halogens is 3. The third kappa shape index (κ3) is 5.39. The van der Waals surface area contributed by atoms with E-state index in [0.29, 0.717) is 47.1 Å². The molecule has 2 aromatic carbocycles. The molecule has 236 valence electrons. The van der Waals surface area contributed by atoms with Gasteiger partial charge in [0.15, 0.2) is 11.5 Å². The lowest BCUT2D eigenvalue weighted by atomic mass is 9.95. The first-order valence-electron chi connectivity index (χ1n) is 15.4. The number of benzene rings is 2. The summed E-state index contributed by atoms with van der Waals surface area (Å²) in [6.07, 6.45) is 1.33. The second-order valence-electron chi connectivity index (χ2n) is 12.2. The maximum Gasteiger partial charge on any atom is 0.320 e. The Kier molecular flexibility index (Phi) is 7.95. The van der Waals surface area contributed by atoms with Gasteiger partial charge in [0.1, 0.15) is 24.6 Å². The fourth-order valence-electron chi connectivity index (χ4n) is 7.32. The number of rotatable bonds is 7. The summed E-state index contributed by atoms with van der Waals surface area (Å²) in [5.41, 5.74) is 1.52. The van der Waals surface area contributed by atoms with Crippen LogP contribution in [0.5, 0.6) is 6.01 Å². The van der Waals surface area contributed by atoms with Crippen LogP contribution in [0.3, 0.4) is 0 Å². The van der Waals surface area contributed by atoms with Crippen LogP contribution in [0.15, 0.2) is 60.9 Å². The number of piperazine rings is 1. The molecule has 0 saturated carbocycles. The highest BCUT2D eigenvalue weighted by Crippen LogP contribution is 2.41. The smallest absolute Gasteiger partial charge is 0.320 e. The highest BCUT2D eigenvalue weighted by molar-refractivity contribution is 6.36. The van der Waals surface area contributed by atoms with E-state index in [1.807, 2.05) is 53.4 Å². The van der Waals surface area contributed by atoms with Crippen LogP contribution in [0.1, 0.15) is 19.3 Å². The summed E-state index contributed by atoms with van der Waals surface area (Å²) in [5, 5.41) is 3.13. The fourth-order valence-corrected chi connectivity index (χ4v) is 7.60. The summed E-state index contributed by atoms with van der Waals surface area (Å²) < 4.78 is 34.6. The van der Waals surface area contributed by atoms with Crippen LogP contribution in [0.2, 0.25) is 5.02 Å². The molecule has 5 heterocycles. The van der Waals surface area contributed by atoms with E-state index < -0.39 is 29.5 Å². The van der Waals surface area contributed by atoms with E-state index in [1.165, 1.54) is 4.90 Å². The lowest BCUT2D eigenvalue weighted by molar-refractivity contribution is -0.131. The Morgan fingerprint density at radius 3 is 2.74 bits per heavy atom. The number of anilines is 1. The number of nitrogens with zero attached hydrogens (tertiary/aromatic N) is 7. The van der Waals surface area contributed by atoms with E-state index in [9.17, 15) is 13.6 Å². The molecular weight excluding hydrogens is 612 g/mol. The molecule has 46 heavy (non-hydrogen) atoms. The van der Waals surface area contributed by atoms with Gasteiger partial charge in [0, 0.05) is 48.6 Å². The van der Waals surface area contributed by atoms with Crippen LogP contribution in [0.4, 0.5) is 14.6 Å². The first-order chi connectivity index (χ1) is 22.3. The first-order valence-corrected chi connectivity index (χ1v) is 15.8. The summed E-state index contributed by atoms with van der Waals surface area (Å²) in [6, 6.07) is 15.0. The Morgan fingerprint density at radius 2 is 1.93 bits per heavy atom. The van der Waals surface area contributed by atoms with Crippen LogP contribution >= 0.6 is 11.6 Å². The average Bonchev–Trinajstić information content (AvgIpc) is 3.58. The van der Waals surface area contributed by atoms with Gasteiger partial charge >= 0.3 is 6.01 Å². The third-order valence-electron chi connectivity index (χ3n) is 9.46. The Bertz CT molecular complexity index is 1900. The van der Waals surface area contributed by atoms with Gasteiger partial charge in [0.05, 0.1) is 16.6 Å². The Labute approximate surface area is 270 Å². The maximum absolute atomic E-state index is 14.5. The minimum Gasteiger partial charge on any atom is -0.461 e. The van der Waals surface area contributed by atoms with Gasteiger partial charge in [-0.15, -0.1) is 0 Å². The van der Waals surface area contributed by atoms with E-state index in [4.69, 9.17) is 37.9 Å². The topological polar surface area (TPSA) is 79.1 Å². The number of carbonyl (C=O) groups is 1. The molecule has 0 bridgehead atoms. The van der Waals surface area contributed by atoms with Crippen molar-refractivity contribution < 1.29 is 18.3 Å². The SMILES string of the molecule is [C-]#[N+]C[C@H]1CN(c2nc(OC[C@@]34CCCN3C[C@H](F)C4)nc3nc(-c4cccc5cccc(Cl)c45)ccc23)CCN1C(=O)C(=C)F. The van der Waals surface area contributed by atoms with Crippen molar-refractivity contribution in [3.05, 3.63) is 77.4 Å². The lowest BCUT2D eigenvalue weighted by Gasteiger charge is -2.39. The third-order valence-corrected chi connectivity index (χ3v) is 9.77. The van der Waals surface area contributed by atoms with Gasteiger partial charge in [-0.05, 0) is 43.0 Å². The zero-order valence-corrected chi connectivity index (χ0v) is 25.9. The lowest BCUT2D eigenvalue weighted by Crippen LogP contribution is -2.56. The summed E-state index contributed by atoms with van der Waals surface area (Å²) in [4.78, 5) is 36.1. The molecule has 0 unspecified atom stereocenters. The highest BCUT2D eigenvalue weighted by Gasteiger charge is 2.49. The molecule has 0 radical (unpaired) electrons. The minimum atomic E-state index is -1.06. The molecule has 1 amide bonds. The van der Waals surface area contributed by atoms with Crippen LogP contribution in [-0.4, -0.2) is 94.3 Å². The van der Waals surface area contributed by atoms with Gasteiger partial charge < -0.3 is 19.4 Å². The Hall–Kier alpha value is -4.40. The fraction of sp³-hybridized carbons (Fsp3) is 0.382. The standard InChI is InChI=1S/C34H32ClF2N7O2/c1-21(36)32(45)44-15-14-42(19-24(44)17-38-2)31-26-10-11-28(25-8-3-6-22-7-4-9-27(35)29(22)25)39-30(26)40-33(41-31)46-20-34-12-5-13-43(34)18-23(37)16-34/h3-4,6-11,23-24H,1,5,12-20H2/t23-,24+,34+/m1/s1. The van der Waals surface area contributed by atoms with Crippen LogP contribution < -0.4 is 9.64 Å². The number of carbonyl (C=O) groups excluding carboxylic acids is 1. The highest BCUT2D eigenvalue weighted by atomic mass is 35.5. The van der Waals surface area contributed by atoms with E-state index in [1.54, 1.807) is 0 Å². The van der Waals surface area contributed by atoms with Gasteiger partial charge in [-0.25, -0.2) is 20.3 Å². The number of aromatic nitrogens is 3. The number of fused-ring (bicyclic) bond motifs is 3. The number of ether oxygens (including phenoxy) is 1. The van der Waals surface area contributed by atoms with Crippen molar-refractivity contribution in [2.75, 3.05) is 50.8 Å². The normalized spacial score (nSPS) is 23.1. The number of hydrogen-bond donors (Lipinski definition) is 0. The Morgan fingerprint density at radius 1 is 1.11 bits per heavy atom. The zero-order chi connectivity index (χ0) is 32.0. The predicted octanol–water partition coefficient (Wildman–Crippen LogP) is 5.87. The molecule has 2 aromatic heterocycles. The minimum absolute atomic E-state index is 0.00508. The van der Waals surface area contributed by atoms with Crippen LogP contribution in [0.25, 0.3) is 37.9 Å². The molecule has 0 aliphatic carbocycles. The molecule has 3 atom stereocenters. The summed E-state index contributed by atoms with van der Waals surface area (Å²) >= 11 is 6.64. The van der Waals surface area contributed by atoms with Crippen molar-refractivity contribution in [2.24, 2.45) is 0 Å². The van der Waals surface area contributed by atoms with Gasteiger partial charge in [-0.3, -0.25) is 9.69 Å². The van der Waals surface area contributed by atoms with Crippen molar-refractivity contribution in [1.29, 1.82) is 0 Å². The molecule has 0 N–H and O–H groups in total. The Balaban J connectivity index is 1.29. The van der Waals surface area contributed by atoms with Crippen molar-refractivity contribution >= 4 is 45.1 Å². The van der Waals surface area contributed by atoms with Crippen molar-refractivity contribution in [1.82, 2.24) is 24.8 Å². The summed E-state index contributed by atoms with van der Waals surface area (Å²) in [7, 11) is 0. The second-order valence-corrected chi connectivity index (χ2v) is 12.7. The van der Waals surface area contributed by atoms with Crippen molar-refractivity contribution in [3.8, 4) is 17.3 Å². The van der Waals surface area contributed by atoms with E-state index >= 15 is 0 Å². The van der Waals surface area contributed by atoms with Crippen LogP contribution in [-0.2, 0) is 4.79 Å². The van der Waals surface area contributed by atoms with Crippen molar-refractivity contribution in [2.45, 2.75) is 37.0 Å². The maximum atomic E-state index is 14.5. The van der Waals surface area contributed by atoms with Gasteiger partial charge in [-0.2, -0.15) is 9.97 Å². The van der Waals surface area contributed by atoms with Crippen LogP contribution in [0, 0.1) is 6.57 Å². The molecular formula is C34H32ClF2N7O2. The number of hydrogen-bond acceptors (Lipinski definition) is 7. The summed E-state index contributed by atoms with van der Waals surface area (Å²) in [6.45, 7) is 12.9. The predicted molar refractivity (Wildman–Crippen MR) is 173 cm³/mol.